The van der Waals surface area contributed by atoms with E-state index in [2.05, 4.69) is 0 Å². The van der Waals surface area contributed by atoms with E-state index in [9.17, 15) is 18.4 Å². The zero-order valence-corrected chi connectivity index (χ0v) is 16.6. The Morgan fingerprint density at radius 2 is 1.90 bits per heavy atom. The van der Waals surface area contributed by atoms with E-state index in [0.29, 0.717) is 37.7 Å². The van der Waals surface area contributed by atoms with Crippen molar-refractivity contribution in [3.8, 4) is 11.5 Å². The van der Waals surface area contributed by atoms with Gasteiger partial charge in [-0.15, -0.1) is 0 Å². The fraction of sp³-hybridized carbons (Fsp3) is 0.364. The first-order valence-corrected chi connectivity index (χ1v) is 9.91. The lowest BCUT2D eigenvalue weighted by atomic mass is 10.1. The van der Waals surface area contributed by atoms with Crippen LogP contribution in [0.4, 0.5) is 14.5 Å². The molecule has 1 atom stereocenters. The first kappa shape index (κ1) is 20.1. The maximum atomic E-state index is 13.6. The Morgan fingerprint density at radius 3 is 2.63 bits per heavy atom. The molecule has 1 saturated heterocycles. The van der Waals surface area contributed by atoms with Gasteiger partial charge in [-0.2, -0.15) is 0 Å². The standard InChI is InChI=1S/C22H22F2N2O4/c1-2-25(13-14-4-3-5-19-20(14)30-9-8-29-19)21(27)18-6-7-26(22(18)28)17-11-15(23)10-16(24)12-17/h3-5,10-12,18H,2,6-9,13H2,1H3. The van der Waals surface area contributed by atoms with E-state index in [1.54, 1.807) is 4.90 Å². The van der Waals surface area contributed by atoms with E-state index in [0.717, 1.165) is 23.8 Å². The van der Waals surface area contributed by atoms with Crippen LogP contribution in [-0.2, 0) is 16.1 Å². The fourth-order valence-corrected chi connectivity index (χ4v) is 3.89. The number of anilines is 1. The van der Waals surface area contributed by atoms with Crippen LogP contribution in [0.3, 0.4) is 0 Å². The average Bonchev–Trinajstić information content (AvgIpc) is 3.12. The summed E-state index contributed by atoms with van der Waals surface area (Å²) in [6.07, 6.45) is 0.290. The summed E-state index contributed by atoms with van der Waals surface area (Å²) in [5.74, 6) is -1.91. The van der Waals surface area contributed by atoms with Crippen molar-refractivity contribution in [2.24, 2.45) is 5.92 Å². The minimum absolute atomic E-state index is 0.124. The Morgan fingerprint density at radius 1 is 1.17 bits per heavy atom. The van der Waals surface area contributed by atoms with E-state index in [4.69, 9.17) is 9.47 Å². The molecule has 2 amide bonds. The quantitative estimate of drug-likeness (QED) is 0.703. The van der Waals surface area contributed by atoms with Crippen LogP contribution in [0.5, 0.6) is 11.5 Å². The Labute approximate surface area is 173 Å². The highest BCUT2D eigenvalue weighted by atomic mass is 19.1. The van der Waals surface area contributed by atoms with Crippen molar-refractivity contribution in [2.75, 3.05) is 31.2 Å². The van der Waals surface area contributed by atoms with Gasteiger partial charge in [-0.05, 0) is 31.5 Å². The maximum Gasteiger partial charge on any atom is 0.239 e. The van der Waals surface area contributed by atoms with E-state index in [-0.39, 0.29) is 24.7 Å². The van der Waals surface area contributed by atoms with E-state index >= 15 is 0 Å². The number of nitrogens with zero attached hydrogens (tertiary/aromatic N) is 2. The zero-order chi connectivity index (χ0) is 21.3. The van der Waals surface area contributed by atoms with Gasteiger partial charge >= 0.3 is 0 Å². The van der Waals surface area contributed by atoms with Crippen LogP contribution in [0.2, 0.25) is 0 Å². The number of halogens is 2. The van der Waals surface area contributed by atoms with Gasteiger partial charge in [0.1, 0.15) is 30.8 Å². The second kappa shape index (κ2) is 8.30. The third kappa shape index (κ3) is 3.81. The predicted octanol–water partition coefficient (Wildman–Crippen LogP) is 3.14. The van der Waals surface area contributed by atoms with Crippen LogP contribution in [0.1, 0.15) is 18.9 Å². The number of ether oxygens (including phenoxy) is 2. The van der Waals surface area contributed by atoms with Gasteiger partial charge in [-0.25, -0.2) is 8.78 Å². The summed E-state index contributed by atoms with van der Waals surface area (Å²) in [6.45, 7) is 3.66. The van der Waals surface area contributed by atoms with Gasteiger partial charge in [0, 0.05) is 37.0 Å². The summed E-state index contributed by atoms with van der Waals surface area (Å²) in [4.78, 5) is 28.8. The molecule has 8 heteroatoms. The Bertz CT molecular complexity index is 961. The van der Waals surface area contributed by atoms with Crippen molar-refractivity contribution in [1.29, 1.82) is 0 Å². The molecule has 0 radical (unpaired) electrons. The molecule has 2 aromatic carbocycles. The molecule has 30 heavy (non-hydrogen) atoms. The summed E-state index contributed by atoms with van der Waals surface area (Å²) in [5.41, 5.74) is 0.926. The molecule has 0 bridgehead atoms. The van der Waals surface area contributed by atoms with Gasteiger partial charge in [0.25, 0.3) is 0 Å². The van der Waals surface area contributed by atoms with Crippen molar-refractivity contribution in [3.05, 3.63) is 53.6 Å². The normalized spacial score (nSPS) is 17.9. The van der Waals surface area contributed by atoms with Gasteiger partial charge in [-0.3, -0.25) is 9.59 Å². The summed E-state index contributed by atoms with van der Waals surface area (Å²) in [6, 6.07) is 8.45. The highest BCUT2D eigenvalue weighted by molar-refractivity contribution is 6.09. The zero-order valence-electron chi connectivity index (χ0n) is 16.6. The summed E-state index contributed by atoms with van der Waals surface area (Å²) >= 11 is 0. The largest absolute Gasteiger partial charge is 0.486 e. The third-order valence-corrected chi connectivity index (χ3v) is 5.36. The summed E-state index contributed by atoms with van der Waals surface area (Å²) in [7, 11) is 0. The second-order valence-corrected chi connectivity index (χ2v) is 7.25. The lowest BCUT2D eigenvalue weighted by Crippen LogP contribution is -2.40. The van der Waals surface area contributed by atoms with Gasteiger partial charge in [-0.1, -0.05) is 12.1 Å². The minimum atomic E-state index is -0.881. The molecular weight excluding hydrogens is 394 g/mol. The number of rotatable bonds is 5. The second-order valence-electron chi connectivity index (χ2n) is 7.25. The molecule has 4 rings (SSSR count). The Kier molecular flexibility index (Phi) is 5.57. The van der Waals surface area contributed by atoms with Crippen molar-refractivity contribution < 1.29 is 27.8 Å². The van der Waals surface area contributed by atoms with Gasteiger partial charge in [0.15, 0.2) is 11.5 Å². The maximum absolute atomic E-state index is 13.6. The first-order valence-electron chi connectivity index (χ1n) is 9.91. The smallest absolute Gasteiger partial charge is 0.239 e. The molecule has 6 nitrogen and oxygen atoms in total. The predicted molar refractivity (Wildman–Crippen MR) is 105 cm³/mol. The first-order chi connectivity index (χ1) is 14.5. The van der Waals surface area contributed by atoms with Crippen molar-refractivity contribution >= 4 is 17.5 Å². The Balaban J connectivity index is 1.51. The minimum Gasteiger partial charge on any atom is -0.486 e. The Hall–Kier alpha value is -3.16. The lowest BCUT2D eigenvalue weighted by molar-refractivity contribution is -0.140. The molecule has 158 valence electrons. The molecule has 1 unspecified atom stereocenters. The fourth-order valence-electron chi connectivity index (χ4n) is 3.89. The molecule has 2 aliphatic heterocycles. The summed E-state index contributed by atoms with van der Waals surface area (Å²) in [5, 5.41) is 0. The van der Waals surface area contributed by atoms with Gasteiger partial charge < -0.3 is 19.3 Å². The van der Waals surface area contributed by atoms with E-state index in [1.807, 2.05) is 25.1 Å². The van der Waals surface area contributed by atoms with Crippen molar-refractivity contribution in [1.82, 2.24) is 4.90 Å². The number of carbonyl (C=O) groups is 2. The molecular formula is C22H22F2N2O4. The van der Waals surface area contributed by atoms with Crippen LogP contribution in [-0.4, -0.2) is 43.0 Å². The van der Waals surface area contributed by atoms with Crippen molar-refractivity contribution in [3.63, 3.8) is 0 Å². The SMILES string of the molecule is CCN(Cc1cccc2c1OCCO2)C(=O)C1CCN(c2cc(F)cc(F)c2)C1=O. The summed E-state index contributed by atoms with van der Waals surface area (Å²) < 4.78 is 38.4. The molecule has 0 spiro atoms. The lowest BCUT2D eigenvalue weighted by Gasteiger charge is -2.27. The van der Waals surface area contributed by atoms with Crippen LogP contribution in [0.15, 0.2) is 36.4 Å². The highest BCUT2D eigenvalue weighted by Gasteiger charge is 2.40. The number of benzene rings is 2. The number of fused-ring (bicyclic) bond motifs is 1. The number of amides is 2. The molecule has 2 aliphatic rings. The third-order valence-electron chi connectivity index (χ3n) is 5.36. The van der Waals surface area contributed by atoms with E-state index in [1.165, 1.54) is 4.90 Å². The number of hydrogen-bond donors (Lipinski definition) is 0. The average molecular weight is 416 g/mol. The van der Waals surface area contributed by atoms with E-state index < -0.39 is 23.5 Å². The highest BCUT2D eigenvalue weighted by Crippen LogP contribution is 2.35. The molecule has 0 N–H and O–H groups in total. The number of para-hydroxylation sites is 1. The molecule has 1 fully saturated rings. The molecule has 0 saturated carbocycles. The number of hydrogen-bond acceptors (Lipinski definition) is 4. The monoisotopic (exact) mass is 416 g/mol. The molecule has 0 aromatic heterocycles. The van der Waals surface area contributed by atoms with Gasteiger partial charge in [0.05, 0.1) is 0 Å². The van der Waals surface area contributed by atoms with Crippen LogP contribution in [0.25, 0.3) is 0 Å². The van der Waals surface area contributed by atoms with Crippen LogP contribution < -0.4 is 14.4 Å². The van der Waals surface area contributed by atoms with Crippen molar-refractivity contribution in [2.45, 2.75) is 19.9 Å². The molecule has 2 aromatic rings. The number of carbonyl (C=O) groups excluding carboxylic acids is 2. The molecule has 0 aliphatic carbocycles. The van der Waals surface area contributed by atoms with Crippen LogP contribution >= 0.6 is 0 Å². The topological polar surface area (TPSA) is 59.1 Å². The van der Waals surface area contributed by atoms with Gasteiger partial charge in [0.2, 0.25) is 11.8 Å². The van der Waals surface area contributed by atoms with Crippen LogP contribution in [0, 0.1) is 17.6 Å². The molecule has 2 heterocycles.